The largest absolute Gasteiger partial charge is 0.468 e. The monoisotopic (exact) mass is 256 g/mol. The zero-order valence-electron chi connectivity index (χ0n) is 12.5. The van der Waals surface area contributed by atoms with Gasteiger partial charge >= 0.3 is 5.97 Å². The number of esters is 1. The molecule has 0 radical (unpaired) electrons. The van der Waals surface area contributed by atoms with Gasteiger partial charge in [-0.3, -0.25) is 10.1 Å². The molecule has 1 fully saturated rings. The summed E-state index contributed by atoms with van der Waals surface area (Å²) in [6.07, 6.45) is 2.80. The summed E-state index contributed by atoms with van der Waals surface area (Å²) in [5.41, 5.74) is -0.476. The van der Waals surface area contributed by atoms with Gasteiger partial charge in [0.15, 0.2) is 0 Å². The highest BCUT2D eigenvalue weighted by Gasteiger charge is 2.47. The first-order chi connectivity index (χ1) is 8.49. The predicted molar refractivity (Wildman–Crippen MR) is 73.6 cm³/mol. The Morgan fingerprint density at radius 1 is 1.44 bits per heavy atom. The van der Waals surface area contributed by atoms with Crippen molar-refractivity contribution in [2.45, 2.75) is 64.6 Å². The summed E-state index contributed by atoms with van der Waals surface area (Å²) >= 11 is 0. The SMILES string of the molecule is CCN(CC)C1CCC(NC(C)C)(C(=O)OC)C1. The van der Waals surface area contributed by atoms with E-state index < -0.39 is 5.54 Å². The molecule has 1 rings (SSSR count). The van der Waals surface area contributed by atoms with Crippen LogP contribution in [-0.2, 0) is 9.53 Å². The Kier molecular flexibility index (Phi) is 5.60. The molecule has 0 amide bonds. The molecule has 106 valence electrons. The maximum atomic E-state index is 12.1. The van der Waals surface area contributed by atoms with Gasteiger partial charge in [0.2, 0.25) is 0 Å². The Morgan fingerprint density at radius 3 is 2.50 bits per heavy atom. The first-order valence-corrected chi connectivity index (χ1v) is 7.09. The molecule has 1 aliphatic carbocycles. The van der Waals surface area contributed by atoms with E-state index in [-0.39, 0.29) is 5.97 Å². The van der Waals surface area contributed by atoms with Crippen molar-refractivity contribution in [3.63, 3.8) is 0 Å². The molecular weight excluding hydrogens is 228 g/mol. The second-order valence-corrected chi connectivity index (χ2v) is 5.49. The smallest absolute Gasteiger partial charge is 0.326 e. The number of ether oxygens (including phenoxy) is 1. The minimum Gasteiger partial charge on any atom is -0.468 e. The van der Waals surface area contributed by atoms with E-state index in [2.05, 4.69) is 37.9 Å². The predicted octanol–water partition coefficient (Wildman–Crippen LogP) is 1.79. The molecule has 2 unspecified atom stereocenters. The van der Waals surface area contributed by atoms with Crippen LogP contribution in [0.2, 0.25) is 0 Å². The average Bonchev–Trinajstić information content (AvgIpc) is 2.74. The summed E-state index contributed by atoms with van der Waals surface area (Å²) in [5, 5.41) is 3.44. The first-order valence-electron chi connectivity index (χ1n) is 7.09. The lowest BCUT2D eigenvalue weighted by Crippen LogP contribution is -2.54. The van der Waals surface area contributed by atoms with Crippen LogP contribution in [0.1, 0.15) is 47.0 Å². The third-order valence-corrected chi connectivity index (χ3v) is 3.96. The van der Waals surface area contributed by atoms with E-state index in [1.807, 2.05) is 0 Å². The van der Waals surface area contributed by atoms with E-state index in [1.54, 1.807) is 0 Å². The fraction of sp³-hybridized carbons (Fsp3) is 0.929. The highest BCUT2D eigenvalue weighted by molar-refractivity contribution is 5.81. The Bertz CT molecular complexity index is 277. The van der Waals surface area contributed by atoms with Gasteiger partial charge in [-0.15, -0.1) is 0 Å². The molecule has 1 saturated carbocycles. The van der Waals surface area contributed by atoms with Gasteiger partial charge < -0.3 is 9.64 Å². The fourth-order valence-electron chi connectivity index (χ4n) is 3.19. The topological polar surface area (TPSA) is 41.6 Å². The van der Waals surface area contributed by atoms with Crippen molar-refractivity contribution in [2.24, 2.45) is 0 Å². The van der Waals surface area contributed by atoms with E-state index >= 15 is 0 Å². The Labute approximate surface area is 111 Å². The number of methoxy groups -OCH3 is 1. The van der Waals surface area contributed by atoms with Crippen molar-refractivity contribution in [1.29, 1.82) is 0 Å². The van der Waals surface area contributed by atoms with Gasteiger partial charge in [0.1, 0.15) is 5.54 Å². The number of hydrogen-bond acceptors (Lipinski definition) is 4. The normalized spacial score (nSPS) is 28.1. The minimum atomic E-state index is -0.476. The van der Waals surface area contributed by atoms with Crippen molar-refractivity contribution < 1.29 is 9.53 Å². The number of carbonyl (C=O) groups excluding carboxylic acids is 1. The van der Waals surface area contributed by atoms with Crippen molar-refractivity contribution in [3.8, 4) is 0 Å². The van der Waals surface area contributed by atoms with E-state index in [0.29, 0.717) is 12.1 Å². The lowest BCUT2D eigenvalue weighted by Gasteiger charge is -2.32. The van der Waals surface area contributed by atoms with E-state index in [9.17, 15) is 4.79 Å². The molecule has 0 aromatic heterocycles. The van der Waals surface area contributed by atoms with Crippen molar-refractivity contribution >= 4 is 5.97 Å². The van der Waals surface area contributed by atoms with Crippen LogP contribution in [0.4, 0.5) is 0 Å². The molecule has 18 heavy (non-hydrogen) atoms. The van der Waals surface area contributed by atoms with E-state index in [4.69, 9.17) is 4.74 Å². The molecule has 0 aliphatic heterocycles. The van der Waals surface area contributed by atoms with Gasteiger partial charge in [-0.2, -0.15) is 0 Å². The molecule has 1 N–H and O–H groups in total. The maximum absolute atomic E-state index is 12.1. The molecule has 0 aromatic carbocycles. The molecule has 1 aliphatic rings. The summed E-state index contributed by atoms with van der Waals surface area (Å²) in [7, 11) is 1.48. The van der Waals surface area contributed by atoms with Crippen LogP contribution in [0.25, 0.3) is 0 Å². The molecule has 2 atom stereocenters. The van der Waals surface area contributed by atoms with Crippen LogP contribution < -0.4 is 5.32 Å². The summed E-state index contributed by atoms with van der Waals surface area (Å²) in [5.74, 6) is -0.106. The molecule has 4 nitrogen and oxygen atoms in total. The zero-order valence-corrected chi connectivity index (χ0v) is 12.5. The van der Waals surface area contributed by atoms with Crippen LogP contribution >= 0.6 is 0 Å². The lowest BCUT2D eigenvalue weighted by molar-refractivity contribution is -0.149. The van der Waals surface area contributed by atoms with Gasteiger partial charge in [0, 0.05) is 12.1 Å². The summed E-state index contributed by atoms with van der Waals surface area (Å²) in [6, 6.07) is 0.782. The summed E-state index contributed by atoms with van der Waals surface area (Å²) in [6.45, 7) is 10.6. The average molecular weight is 256 g/mol. The second-order valence-electron chi connectivity index (χ2n) is 5.49. The zero-order chi connectivity index (χ0) is 13.8. The summed E-state index contributed by atoms with van der Waals surface area (Å²) in [4.78, 5) is 14.6. The highest BCUT2D eigenvalue weighted by Crippen LogP contribution is 2.34. The number of nitrogens with zero attached hydrogens (tertiary/aromatic N) is 1. The maximum Gasteiger partial charge on any atom is 0.326 e. The van der Waals surface area contributed by atoms with Crippen LogP contribution in [0.3, 0.4) is 0 Å². The quantitative estimate of drug-likeness (QED) is 0.736. The molecule has 4 heteroatoms. The summed E-state index contributed by atoms with van der Waals surface area (Å²) < 4.78 is 5.01. The number of rotatable bonds is 6. The van der Waals surface area contributed by atoms with Gasteiger partial charge in [-0.1, -0.05) is 13.8 Å². The van der Waals surface area contributed by atoms with Crippen LogP contribution in [0.5, 0.6) is 0 Å². The Hall–Kier alpha value is -0.610. The third-order valence-electron chi connectivity index (χ3n) is 3.96. The number of nitrogens with one attached hydrogen (secondary N) is 1. The molecule has 0 heterocycles. The lowest BCUT2D eigenvalue weighted by atomic mass is 9.96. The van der Waals surface area contributed by atoms with Crippen LogP contribution in [0, 0.1) is 0 Å². The van der Waals surface area contributed by atoms with Crippen LogP contribution in [0.15, 0.2) is 0 Å². The van der Waals surface area contributed by atoms with Gasteiger partial charge in [0.05, 0.1) is 7.11 Å². The molecule has 0 aromatic rings. The van der Waals surface area contributed by atoms with Crippen molar-refractivity contribution in [3.05, 3.63) is 0 Å². The van der Waals surface area contributed by atoms with E-state index in [0.717, 1.165) is 32.4 Å². The van der Waals surface area contributed by atoms with E-state index in [1.165, 1.54) is 7.11 Å². The highest BCUT2D eigenvalue weighted by atomic mass is 16.5. The molecule has 0 bridgehead atoms. The molecule has 0 saturated heterocycles. The van der Waals surface area contributed by atoms with Crippen molar-refractivity contribution in [2.75, 3.05) is 20.2 Å². The molecule has 0 spiro atoms. The third kappa shape index (κ3) is 3.23. The van der Waals surface area contributed by atoms with Gasteiger partial charge in [-0.25, -0.2) is 0 Å². The second kappa shape index (κ2) is 6.53. The number of hydrogen-bond donors (Lipinski definition) is 1. The first kappa shape index (κ1) is 15.4. The standard InChI is InChI=1S/C14H28N2O2/c1-6-16(7-2)12-8-9-14(10-12,13(17)18-5)15-11(3)4/h11-12,15H,6-10H2,1-5H3. The Morgan fingerprint density at radius 2 is 2.06 bits per heavy atom. The van der Waals surface area contributed by atoms with Gasteiger partial charge in [0.25, 0.3) is 0 Å². The molecular formula is C14H28N2O2. The van der Waals surface area contributed by atoms with Crippen LogP contribution in [-0.4, -0.2) is 48.7 Å². The van der Waals surface area contributed by atoms with Gasteiger partial charge in [-0.05, 0) is 46.2 Å². The Balaban J connectivity index is 2.80. The fourth-order valence-corrected chi connectivity index (χ4v) is 3.19. The van der Waals surface area contributed by atoms with Crippen molar-refractivity contribution in [1.82, 2.24) is 10.2 Å². The number of carbonyl (C=O) groups is 1. The minimum absolute atomic E-state index is 0.106.